The molecule has 2 nitrogen and oxygen atoms in total. The van der Waals surface area contributed by atoms with Crippen molar-refractivity contribution in [3.63, 3.8) is 0 Å². The van der Waals surface area contributed by atoms with E-state index in [1.54, 1.807) is 0 Å². The van der Waals surface area contributed by atoms with E-state index >= 15 is 0 Å². The van der Waals surface area contributed by atoms with Crippen LogP contribution in [0.1, 0.15) is 40.0 Å². The standard InChI is InChI=1S/C12H22O2/c1-9-4-5-11(2)10(14-7-6-13)8-12(9,11)3/h9-10,13H,4-8H2,1-3H3. The molecule has 0 amide bonds. The van der Waals surface area contributed by atoms with E-state index < -0.39 is 0 Å². The molecule has 1 N–H and O–H groups in total. The van der Waals surface area contributed by atoms with Crippen LogP contribution in [-0.2, 0) is 4.74 Å². The van der Waals surface area contributed by atoms with Crippen LogP contribution < -0.4 is 0 Å². The van der Waals surface area contributed by atoms with Gasteiger partial charge in [-0.05, 0) is 36.0 Å². The van der Waals surface area contributed by atoms with Gasteiger partial charge < -0.3 is 9.84 Å². The Morgan fingerprint density at radius 2 is 2.07 bits per heavy atom. The summed E-state index contributed by atoms with van der Waals surface area (Å²) in [4.78, 5) is 0. The zero-order valence-corrected chi connectivity index (χ0v) is 9.55. The lowest BCUT2D eigenvalue weighted by molar-refractivity contribution is -0.196. The highest BCUT2D eigenvalue weighted by Gasteiger charge is 2.65. The number of ether oxygens (including phenoxy) is 1. The Kier molecular flexibility index (Phi) is 2.39. The topological polar surface area (TPSA) is 29.5 Å². The van der Waals surface area contributed by atoms with Crippen molar-refractivity contribution in [2.24, 2.45) is 16.7 Å². The third-order valence-electron chi connectivity index (χ3n) is 5.22. The van der Waals surface area contributed by atoms with Crippen LogP contribution >= 0.6 is 0 Å². The van der Waals surface area contributed by atoms with Crippen molar-refractivity contribution in [2.45, 2.75) is 46.1 Å². The predicted molar refractivity (Wildman–Crippen MR) is 56.1 cm³/mol. The van der Waals surface area contributed by atoms with Gasteiger partial charge in [0.1, 0.15) is 0 Å². The maximum Gasteiger partial charge on any atom is 0.0701 e. The molecule has 0 saturated heterocycles. The molecule has 0 radical (unpaired) electrons. The Morgan fingerprint density at radius 1 is 1.36 bits per heavy atom. The molecule has 14 heavy (non-hydrogen) atoms. The first-order valence-corrected chi connectivity index (χ1v) is 5.77. The number of fused-ring (bicyclic) bond motifs is 1. The molecule has 2 rings (SSSR count). The third-order valence-corrected chi connectivity index (χ3v) is 5.22. The molecule has 0 aromatic heterocycles. The minimum Gasteiger partial charge on any atom is -0.394 e. The van der Waals surface area contributed by atoms with Crippen molar-refractivity contribution in [1.82, 2.24) is 0 Å². The van der Waals surface area contributed by atoms with E-state index in [0.717, 1.165) is 5.92 Å². The van der Waals surface area contributed by atoms with Gasteiger partial charge in [0.15, 0.2) is 0 Å². The van der Waals surface area contributed by atoms with Gasteiger partial charge in [0.25, 0.3) is 0 Å². The van der Waals surface area contributed by atoms with E-state index in [1.807, 2.05) is 0 Å². The summed E-state index contributed by atoms with van der Waals surface area (Å²) in [5.41, 5.74) is 0.870. The molecule has 0 heterocycles. The third kappa shape index (κ3) is 1.10. The molecular formula is C12H22O2. The van der Waals surface area contributed by atoms with E-state index in [2.05, 4.69) is 20.8 Å². The van der Waals surface area contributed by atoms with Crippen molar-refractivity contribution in [1.29, 1.82) is 0 Å². The van der Waals surface area contributed by atoms with Gasteiger partial charge in [0.2, 0.25) is 0 Å². The first-order valence-electron chi connectivity index (χ1n) is 5.77. The second kappa shape index (κ2) is 3.21. The summed E-state index contributed by atoms with van der Waals surface area (Å²) in [7, 11) is 0. The second-order valence-electron chi connectivity index (χ2n) is 5.56. The molecular weight excluding hydrogens is 176 g/mol. The molecule has 0 aromatic carbocycles. The van der Waals surface area contributed by atoms with Gasteiger partial charge in [-0.2, -0.15) is 0 Å². The molecule has 2 heteroatoms. The highest BCUT2D eigenvalue weighted by molar-refractivity contribution is 5.14. The van der Waals surface area contributed by atoms with Crippen molar-refractivity contribution in [3.8, 4) is 0 Å². The number of aliphatic hydroxyl groups excluding tert-OH is 1. The van der Waals surface area contributed by atoms with Crippen LogP contribution in [-0.4, -0.2) is 24.4 Å². The first kappa shape index (κ1) is 10.4. The lowest BCUT2D eigenvalue weighted by atomic mass is 9.49. The van der Waals surface area contributed by atoms with Crippen molar-refractivity contribution >= 4 is 0 Å². The van der Waals surface area contributed by atoms with Crippen LogP contribution in [0.3, 0.4) is 0 Å². The van der Waals surface area contributed by atoms with Crippen molar-refractivity contribution < 1.29 is 9.84 Å². The normalized spacial score (nSPS) is 51.4. The minimum atomic E-state index is 0.152. The smallest absolute Gasteiger partial charge is 0.0701 e. The van der Waals surface area contributed by atoms with Crippen LogP contribution in [0.4, 0.5) is 0 Å². The summed E-state index contributed by atoms with van der Waals surface area (Å²) in [6.45, 7) is 7.79. The second-order valence-corrected chi connectivity index (χ2v) is 5.56. The summed E-state index contributed by atoms with van der Waals surface area (Å²) in [5, 5.41) is 8.75. The van der Waals surface area contributed by atoms with E-state index in [-0.39, 0.29) is 6.61 Å². The van der Waals surface area contributed by atoms with Crippen LogP contribution in [0.5, 0.6) is 0 Å². The fourth-order valence-electron chi connectivity index (χ4n) is 3.56. The Bertz CT molecular complexity index is 228. The van der Waals surface area contributed by atoms with Gasteiger partial charge in [-0.15, -0.1) is 0 Å². The Labute approximate surface area is 86.6 Å². The van der Waals surface area contributed by atoms with E-state index in [4.69, 9.17) is 9.84 Å². The van der Waals surface area contributed by atoms with E-state index in [1.165, 1.54) is 19.3 Å². The summed E-state index contributed by atoms with van der Waals surface area (Å²) in [6.07, 6.45) is 4.21. The molecule has 2 aliphatic rings. The van der Waals surface area contributed by atoms with E-state index in [9.17, 15) is 0 Å². The molecule has 4 unspecified atom stereocenters. The van der Waals surface area contributed by atoms with Gasteiger partial charge in [-0.3, -0.25) is 0 Å². The molecule has 0 aromatic rings. The van der Waals surface area contributed by atoms with Crippen molar-refractivity contribution in [3.05, 3.63) is 0 Å². The first-order chi connectivity index (χ1) is 6.54. The number of rotatable bonds is 3. The largest absolute Gasteiger partial charge is 0.394 e. The number of hydrogen-bond donors (Lipinski definition) is 1. The number of hydrogen-bond acceptors (Lipinski definition) is 2. The highest BCUT2D eigenvalue weighted by Crippen LogP contribution is 2.69. The molecule has 2 saturated carbocycles. The fraction of sp³-hybridized carbons (Fsp3) is 1.00. The van der Waals surface area contributed by atoms with Gasteiger partial charge in [0, 0.05) is 0 Å². The zero-order valence-electron chi connectivity index (χ0n) is 9.55. The highest BCUT2D eigenvalue weighted by atomic mass is 16.5. The molecule has 4 atom stereocenters. The summed E-state index contributed by atoms with van der Waals surface area (Å²) >= 11 is 0. The van der Waals surface area contributed by atoms with Crippen LogP contribution in [0, 0.1) is 16.7 Å². The lowest BCUT2D eigenvalue weighted by Gasteiger charge is -2.59. The average Bonchev–Trinajstić information content (AvgIpc) is 2.33. The summed E-state index contributed by atoms with van der Waals surface area (Å²) in [5.74, 6) is 0.835. The predicted octanol–water partition coefficient (Wildman–Crippen LogP) is 2.21. The van der Waals surface area contributed by atoms with Crippen LogP contribution in [0.25, 0.3) is 0 Å². The van der Waals surface area contributed by atoms with Crippen LogP contribution in [0.2, 0.25) is 0 Å². The van der Waals surface area contributed by atoms with Gasteiger partial charge in [0.05, 0.1) is 19.3 Å². The monoisotopic (exact) mass is 198 g/mol. The van der Waals surface area contributed by atoms with Gasteiger partial charge in [-0.25, -0.2) is 0 Å². The average molecular weight is 198 g/mol. The van der Waals surface area contributed by atoms with Crippen LogP contribution in [0.15, 0.2) is 0 Å². The Morgan fingerprint density at radius 3 is 2.64 bits per heavy atom. The van der Waals surface area contributed by atoms with Gasteiger partial charge in [-0.1, -0.05) is 20.8 Å². The number of aliphatic hydroxyl groups is 1. The molecule has 82 valence electrons. The molecule has 2 fully saturated rings. The summed E-state index contributed by atoms with van der Waals surface area (Å²) < 4.78 is 5.71. The quantitative estimate of drug-likeness (QED) is 0.753. The maximum absolute atomic E-state index is 8.75. The lowest BCUT2D eigenvalue weighted by Crippen LogP contribution is -2.58. The summed E-state index contributed by atoms with van der Waals surface area (Å²) in [6, 6.07) is 0. The maximum atomic E-state index is 8.75. The Hall–Kier alpha value is -0.0800. The van der Waals surface area contributed by atoms with E-state index in [0.29, 0.717) is 23.5 Å². The minimum absolute atomic E-state index is 0.152. The fourth-order valence-corrected chi connectivity index (χ4v) is 3.56. The molecule has 0 spiro atoms. The molecule has 0 bridgehead atoms. The molecule has 2 aliphatic carbocycles. The zero-order chi connectivity index (χ0) is 10.4. The Balaban J connectivity index is 2.02. The SMILES string of the molecule is CC1CCC2(C)C(OCCO)CC12C. The van der Waals surface area contributed by atoms with Gasteiger partial charge >= 0.3 is 0 Å². The van der Waals surface area contributed by atoms with Crippen molar-refractivity contribution in [2.75, 3.05) is 13.2 Å². The molecule has 0 aliphatic heterocycles.